The van der Waals surface area contributed by atoms with Crippen molar-refractivity contribution in [3.63, 3.8) is 0 Å². The second-order valence-corrected chi connectivity index (χ2v) is 5.74. The summed E-state index contributed by atoms with van der Waals surface area (Å²) in [7, 11) is 0. The van der Waals surface area contributed by atoms with Crippen molar-refractivity contribution in [3.05, 3.63) is 24.0 Å². The minimum atomic E-state index is 0.357. The Kier molecular flexibility index (Phi) is 4.14. The van der Waals surface area contributed by atoms with Crippen LogP contribution in [0.15, 0.2) is 18.3 Å². The number of ether oxygens (including phenoxy) is 1. The van der Waals surface area contributed by atoms with Crippen LogP contribution in [0.3, 0.4) is 0 Å². The monoisotopic (exact) mass is 292 g/mol. The molecule has 0 radical (unpaired) electrons. The van der Waals surface area contributed by atoms with Crippen LogP contribution < -0.4 is 10.6 Å². The Morgan fingerprint density at radius 2 is 2.15 bits per heavy atom. The first kappa shape index (κ1) is 13.7. The second-order valence-electron chi connectivity index (χ2n) is 5.30. The average molecular weight is 292 g/mol. The fraction of sp³-hybridized carbons (Fsp3) is 0.571. The molecule has 6 heteroatoms. The number of hydrogen-bond acceptors (Lipinski definition) is 5. The van der Waals surface area contributed by atoms with E-state index < -0.39 is 0 Å². The predicted molar refractivity (Wildman–Crippen MR) is 83.1 cm³/mol. The number of hydrogen-bond donors (Lipinski definition) is 1. The summed E-state index contributed by atoms with van der Waals surface area (Å²) in [6.07, 6.45) is 2.98. The molecule has 0 amide bonds. The highest BCUT2D eigenvalue weighted by atomic mass is 32.1. The molecule has 2 aliphatic rings. The van der Waals surface area contributed by atoms with Crippen LogP contribution in [0.1, 0.15) is 12.1 Å². The van der Waals surface area contributed by atoms with Crippen molar-refractivity contribution in [3.8, 4) is 0 Å². The molecular formula is C14H20N4OS. The molecule has 2 aliphatic heterocycles. The lowest BCUT2D eigenvalue weighted by Gasteiger charge is -2.32. The Labute approximate surface area is 124 Å². The highest BCUT2D eigenvalue weighted by molar-refractivity contribution is 7.80. The Balaban J connectivity index is 1.67. The lowest BCUT2D eigenvalue weighted by Crippen LogP contribution is -2.44. The molecule has 108 valence electrons. The molecule has 5 nitrogen and oxygen atoms in total. The lowest BCUT2D eigenvalue weighted by molar-refractivity contribution is 0.0209. The van der Waals surface area contributed by atoms with Crippen LogP contribution in [-0.4, -0.2) is 60.3 Å². The number of nitrogens with zero attached hydrogens (tertiary/aromatic N) is 3. The van der Waals surface area contributed by atoms with Crippen molar-refractivity contribution >= 4 is 22.9 Å². The van der Waals surface area contributed by atoms with E-state index in [1.165, 1.54) is 12.1 Å². The van der Waals surface area contributed by atoms with E-state index in [1.807, 2.05) is 12.1 Å². The molecule has 2 N–H and O–H groups in total. The van der Waals surface area contributed by atoms with Gasteiger partial charge in [-0.15, -0.1) is 0 Å². The summed E-state index contributed by atoms with van der Waals surface area (Å²) in [6.45, 7) is 5.94. The van der Waals surface area contributed by atoms with Crippen molar-refractivity contribution in [1.29, 1.82) is 0 Å². The third-order valence-corrected chi connectivity index (χ3v) is 4.30. The highest BCUT2D eigenvalue weighted by Crippen LogP contribution is 2.23. The Hall–Kier alpha value is -1.24. The summed E-state index contributed by atoms with van der Waals surface area (Å²) >= 11 is 5.00. The average Bonchev–Trinajstić information content (AvgIpc) is 2.98. The fourth-order valence-electron chi connectivity index (χ4n) is 2.97. The molecule has 0 aromatic carbocycles. The van der Waals surface area contributed by atoms with Crippen molar-refractivity contribution in [2.45, 2.75) is 12.5 Å². The van der Waals surface area contributed by atoms with Crippen LogP contribution in [0.25, 0.3) is 0 Å². The van der Waals surface area contributed by atoms with Gasteiger partial charge in [-0.25, -0.2) is 0 Å². The van der Waals surface area contributed by atoms with Crippen LogP contribution in [0.5, 0.6) is 0 Å². The molecule has 2 fully saturated rings. The first-order valence-electron chi connectivity index (χ1n) is 7.06. The van der Waals surface area contributed by atoms with Gasteiger partial charge in [-0.05, 0) is 18.6 Å². The quantitative estimate of drug-likeness (QED) is 0.825. The largest absolute Gasteiger partial charge is 0.388 e. The minimum Gasteiger partial charge on any atom is -0.388 e. The number of anilines is 1. The zero-order valence-electron chi connectivity index (χ0n) is 11.5. The molecule has 0 aliphatic carbocycles. The summed E-state index contributed by atoms with van der Waals surface area (Å²) in [5, 5.41) is 0. The zero-order chi connectivity index (χ0) is 13.9. The number of rotatable bonds is 3. The van der Waals surface area contributed by atoms with E-state index in [0.29, 0.717) is 16.7 Å². The lowest BCUT2D eigenvalue weighted by atomic mass is 10.2. The van der Waals surface area contributed by atoms with E-state index in [4.69, 9.17) is 22.7 Å². The van der Waals surface area contributed by atoms with Gasteiger partial charge in [0.15, 0.2) is 0 Å². The van der Waals surface area contributed by atoms with Gasteiger partial charge in [0.25, 0.3) is 0 Å². The zero-order valence-corrected chi connectivity index (χ0v) is 12.3. The van der Waals surface area contributed by atoms with E-state index >= 15 is 0 Å². The molecule has 1 atom stereocenters. The van der Waals surface area contributed by atoms with Gasteiger partial charge in [0.2, 0.25) is 0 Å². The molecule has 0 bridgehead atoms. The third-order valence-electron chi connectivity index (χ3n) is 4.09. The van der Waals surface area contributed by atoms with Gasteiger partial charge in [-0.3, -0.25) is 9.88 Å². The summed E-state index contributed by atoms with van der Waals surface area (Å²) in [4.78, 5) is 9.49. The number of nitrogens with two attached hydrogens (primary N) is 1. The molecule has 1 unspecified atom stereocenters. The topological polar surface area (TPSA) is 54.6 Å². The van der Waals surface area contributed by atoms with Crippen molar-refractivity contribution in [2.24, 2.45) is 5.73 Å². The van der Waals surface area contributed by atoms with Gasteiger partial charge in [0, 0.05) is 44.1 Å². The summed E-state index contributed by atoms with van der Waals surface area (Å²) in [5.74, 6) is 0. The van der Waals surface area contributed by atoms with Gasteiger partial charge in [-0.1, -0.05) is 12.2 Å². The standard InChI is InChI=1S/C14H20N4OS/c15-14(20)13-9-11(1-3-16-13)18-4-2-12(10-18)17-5-7-19-8-6-17/h1,3,9,12H,2,4-8,10H2,(H2,15,20). The molecule has 1 aromatic heterocycles. The molecule has 2 saturated heterocycles. The molecule has 3 rings (SSSR count). The normalized spacial score (nSPS) is 24.0. The number of aromatic nitrogens is 1. The van der Waals surface area contributed by atoms with Crippen LogP contribution >= 0.6 is 12.2 Å². The van der Waals surface area contributed by atoms with E-state index in [2.05, 4.69) is 14.8 Å². The van der Waals surface area contributed by atoms with Crippen LogP contribution in [0, 0.1) is 0 Å². The second kappa shape index (κ2) is 6.03. The van der Waals surface area contributed by atoms with Gasteiger partial charge in [0.1, 0.15) is 4.99 Å². The van der Waals surface area contributed by atoms with Gasteiger partial charge < -0.3 is 15.4 Å². The van der Waals surface area contributed by atoms with E-state index in [0.717, 1.165) is 39.4 Å². The van der Waals surface area contributed by atoms with E-state index in [9.17, 15) is 0 Å². The fourth-order valence-corrected chi connectivity index (χ4v) is 3.08. The van der Waals surface area contributed by atoms with Crippen molar-refractivity contribution in [1.82, 2.24) is 9.88 Å². The molecular weight excluding hydrogens is 272 g/mol. The molecule has 20 heavy (non-hydrogen) atoms. The van der Waals surface area contributed by atoms with Gasteiger partial charge in [-0.2, -0.15) is 0 Å². The van der Waals surface area contributed by atoms with E-state index in [-0.39, 0.29) is 0 Å². The molecule has 3 heterocycles. The maximum Gasteiger partial charge on any atom is 0.122 e. The number of thiocarbonyl (C=S) groups is 1. The van der Waals surface area contributed by atoms with Gasteiger partial charge in [0.05, 0.1) is 18.9 Å². The van der Waals surface area contributed by atoms with E-state index in [1.54, 1.807) is 6.20 Å². The predicted octanol–water partition coefficient (Wildman–Crippen LogP) is 0.627. The minimum absolute atomic E-state index is 0.357. The summed E-state index contributed by atoms with van der Waals surface area (Å²) in [5.41, 5.74) is 7.52. The highest BCUT2D eigenvalue weighted by Gasteiger charge is 2.28. The Morgan fingerprint density at radius 3 is 2.90 bits per heavy atom. The number of morpholine rings is 1. The van der Waals surface area contributed by atoms with Crippen molar-refractivity contribution in [2.75, 3.05) is 44.3 Å². The first-order chi connectivity index (χ1) is 9.74. The Bertz CT molecular complexity index is 490. The maximum absolute atomic E-state index is 5.65. The molecule has 1 aromatic rings. The Morgan fingerprint density at radius 1 is 1.35 bits per heavy atom. The van der Waals surface area contributed by atoms with Crippen LogP contribution in [0.4, 0.5) is 5.69 Å². The smallest absolute Gasteiger partial charge is 0.122 e. The summed E-state index contributed by atoms with van der Waals surface area (Å²) < 4.78 is 5.42. The molecule has 0 saturated carbocycles. The van der Waals surface area contributed by atoms with Crippen LogP contribution in [0.2, 0.25) is 0 Å². The molecule has 0 spiro atoms. The SMILES string of the molecule is NC(=S)c1cc(N2CCC(N3CCOCC3)C2)ccn1. The van der Waals surface area contributed by atoms with Crippen molar-refractivity contribution < 1.29 is 4.74 Å². The summed E-state index contributed by atoms with van der Waals surface area (Å²) in [6, 6.07) is 4.65. The van der Waals surface area contributed by atoms with Crippen LogP contribution in [-0.2, 0) is 4.74 Å². The van der Waals surface area contributed by atoms with Gasteiger partial charge >= 0.3 is 0 Å². The number of pyridine rings is 1. The third kappa shape index (κ3) is 2.92. The maximum atomic E-state index is 5.65. The first-order valence-corrected chi connectivity index (χ1v) is 7.47.